The molecule has 0 heteroatoms. The SMILES string of the molecule is c1ccc2cc(-c3c4ccccc4c(-c4ccc(-c5cccc6ccc7ccccc7c56)cc4)c4ccccc34)ccc2c1. The summed E-state index contributed by atoms with van der Waals surface area (Å²) in [6.07, 6.45) is 0. The lowest BCUT2D eigenvalue weighted by atomic mass is 9.85. The molecule has 0 unspecified atom stereocenters. The monoisotopic (exact) mass is 556 g/mol. The van der Waals surface area contributed by atoms with Gasteiger partial charge in [-0.25, -0.2) is 0 Å². The standard InChI is InChI=1S/C44H28/c1-2-12-34-28-35(27-20-29(34)10-1)44-40-17-7-5-15-38(40)43(39-16-6-8-18-41(39)44)33-25-22-31(23-26-33)37-19-9-13-32-24-21-30-11-3-4-14-36(30)42(32)37/h1-28H. The fraction of sp³-hybridized carbons (Fsp3) is 0. The van der Waals surface area contributed by atoms with E-state index in [9.17, 15) is 0 Å². The molecule has 0 atom stereocenters. The Hall–Kier alpha value is -5.72. The van der Waals surface area contributed by atoms with Crippen LogP contribution in [0.25, 0.3) is 87.2 Å². The van der Waals surface area contributed by atoms with Crippen molar-refractivity contribution >= 4 is 53.9 Å². The third-order valence-corrected chi connectivity index (χ3v) is 9.22. The van der Waals surface area contributed by atoms with Crippen LogP contribution in [0.4, 0.5) is 0 Å². The van der Waals surface area contributed by atoms with Crippen molar-refractivity contribution in [2.45, 2.75) is 0 Å². The molecular weight excluding hydrogens is 528 g/mol. The predicted octanol–water partition coefficient (Wildman–Crippen LogP) is 12.5. The van der Waals surface area contributed by atoms with Gasteiger partial charge in [0.05, 0.1) is 0 Å². The molecule has 44 heavy (non-hydrogen) atoms. The quantitative estimate of drug-likeness (QED) is 0.150. The van der Waals surface area contributed by atoms with E-state index in [0.29, 0.717) is 0 Å². The molecule has 0 fully saturated rings. The minimum atomic E-state index is 1.23. The van der Waals surface area contributed by atoms with Crippen molar-refractivity contribution in [3.63, 3.8) is 0 Å². The van der Waals surface area contributed by atoms with E-state index in [1.54, 1.807) is 0 Å². The van der Waals surface area contributed by atoms with Crippen molar-refractivity contribution in [1.82, 2.24) is 0 Å². The average Bonchev–Trinajstić information content (AvgIpc) is 3.10. The van der Waals surface area contributed by atoms with Gasteiger partial charge in [-0.3, -0.25) is 0 Å². The van der Waals surface area contributed by atoms with Crippen LogP contribution in [-0.2, 0) is 0 Å². The second-order valence-corrected chi connectivity index (χ2v) is 11.7. The highest BCUT2D eigenvalue weighted by molar-refractivity contribution is 6.22. The van der Waals surface area contributed by atoms with Crippen molar-refractivity contribution in [3.8, 4) is 33.4 Å². The highest BCUT2D eigenvalue weighted by Gasteiger charge is 2.17. The van der Waals surface area contributed by atoms with Crippen molar-refractivity contribution in [1.29, 1.82) is 0 Å². The number of benzene rings is 9. The van der Waals surface area contributed by atoms with Crippen molar-refractivity contribution in [2.75, 3.05) is 0 Å². The summed E-state index contributed by atoms with van der Waals surface area (Å²) in [7, 11) is 0. The summed E-state index contributed by atoms with van der Waals surface area (Å²) in [5.74, 6) is 0. The molecule has 0 bridgehead atoms. The van der Waals surface area contributed by atoms with Gasteiger partial charge in [-0.2, -0.15) is 0 Å². The maximum absolute atomic E-state index is 2.34. The lowest BCUT2D eigenvalue weighted by Gasteiger charge is -2.18. The Morgan fingerprint density at radius 2 is 0.705 bits per heavy atom. The molecule has 204 valence electrons. The number of hydrogen-bond acceptors (Lipinski definition) is 0. The molecule has 0 N–H and O–H groups in total. The number of hydrogen-bond donors (Lipinski definition) is 0. The Bertz CT molecular complexity index is 2480. The third-order valence-electron chi connectivity index (χ3n) is 9.22. The summed E-state index contributed by atoms with van der Waals surface area (Å²) in [6.45, 7) is 0. The first-order chi connectivity index (χ1) is 21.8. The zero-order valence-electron chi connectivity index (χ0n) is 24.2. The largest absolute Gasteiger partial charge is 0.0616 e. The maximum Gasteiger partial charge on any atom is -0.00262 e. The van der Waals surface area contributed by atoms with Crippen molar-refractivity contribution in [2.24, 2.45) is 0 Å². The average molecular weight is 557 g/mol. The topological polar surface area (TPSA) is 0 Å². The lowest BCUT2D eigenvalue weighted by molar-refractivity contribution is 1.64. The van der Waals surface area contributed by atoms with Crippen LogP contribution in [0.3, 0.4) is 0 Å². The molecule has 0 saturated carbocycles. The molecule has 0 nitrogen and oxygen atoms in total. The summed E-state index contributed by atoms with van der Waals surface area (Å²) in [4.78, 5) is 0. The zero-order valence-corrected chi connectivity index (χ0v) is 24.2. The van der Waals surface area contributed by atoms with Gasteiger partial charge in [0.15, 0.2) is 0 Å². The molecular formula is C44H28. The highest BCUT2D eigenvalue weighted by atomic mass is 14.2. The van der Waals surface area contributed by atoms with Gasteiger partial charge in [-0.05, 0) is 93.3 Å². The molecule has 9 aromatic rings. The van der Waals surface area contributed by atoms with Crippen LogP contribution in [0.15, 0.2) is 170 Å². The highest BCUT2D eigenvalue weighted by Crippen LogP contribution is 2.44. The molecule has 0 aliphatic rings. The van der Waals surface area contributed by atoms with Gasteiger partial charge < -0.3 is 0 Å². The van der Waals surface area contributed by atoms with E-state index >= 15 is 0 Å². The molecule has 0 saturated heterocycles. The Balaban J connectivity index is 1.26. The van der Waals surface area contributed by atoms with Gasteiger partial charge in [0.2, 0.25) is 0 Å². The molecule has 0 amide bonds. The summed E-state index contributed by atoms with van der Waals surface area (Å²) >= 11 is 0. The van der Waals surface area contributed by atoms with Crippen molar-refractivity contribution < 1.29 is 0 Å². The van der Waals surface area contributed by atoms with E-state index in [4.69, 9.17) is 0 Å². The van der Waals surface area contributed by atoms with E-state index in [1.165, 1.54) is 87.2 Å². The minimum Gasteiger partial charge on any atom is -0.0616 e. The molecule has 9 aromatic carbocycles. The fourth-order valence-corrected chi connectivity index (χ4v) is 7.21. The van der Waals surface area contributed by atoms with Crippen LogP contribution >= 0.6 is 0 Å². The van der Waals surface area contributed by atoms with Gasteiger partial charge in [-0.1, -0.05) is 164 Å². The first-order valence-electron chi connectivity index (χ1n) is 15.3. The van der Waals surface area contributed by atoms with E-state index in [0.717, 1.165) is 0 Å². The van der Waals surface area contributed by atoms with Gasteiger partial charge >= 0.3 is 0 Å². The van der Waals surface area contributed by atoms with Crippen LogP contribution in [0, 0.1) is 0 Å². The first-order valence-corrected chi connectivity index (χ1v) is 15.3. The zero-order chi connectivity index (χ0) is 29.0. The summed E-state index contributed by atoms with van der Waals surface area (Å²) in [5.41, 5.74) is 7.57. The van der Waals surface area contributed by atoms with Crippen LogP contribution < -0.4 is 0 Å². The molecule has 9 rings (SSSR count). The van der Waals surface area contributed by atoms with Gasteiger partial charge in [-0.15, -0.1) is 0 Å². The maximum atomic E-state index is 2.34. The molecule has 0 aromatic heterocycles. The van der Waals surface area contributed by atoms with Gasteiger partial charge in [0.1, 0.15) is 0 Å². The van der Waals surface area contributed by atoms with Crippen LogP contribution in [0.5, 0.6) is 0 Å². The van der Waals surface area contributed by atoms with Gasteiger partial charge in [0, 0.05) is 0 Å². The summed E-state index contributed by atoms with van der Waals surface area (Å²) in [6, 6.07) is 62.3. The van der Waals surface area contributed by atoms with Gasteiger partial charge in [0.25, 0.3) is 0 Å². The number of fused-ring (bicyclic) bond motifs is 6. The van der Waals surface area contributed by atoms with E-state index in [-0.39, 0.29) is 0 Å². The normalized spacial score (nSPS) is 11.6. The summed E-state index contributed by atoms with van der Waals surface area (Å²) in [5, 5.41) is 12.8. The summed E-state index contributed by atoms with van der Waals surface area (Å²) < 4.78 is 0. The molecule has 0 radical (unpaired) electrons. The van der Waals surface area contributed by atoms with Crippen LogP contribution in [-0.4, -0.2) is 0 Å². The van der Waals surface area contributed by atoms with Crippen molar-refractivity contribution in [3.05, 3.63) is 170 Å². The van der Waals surface area contributed by atoms with E-state index < -0.39 is 0 Å². The van der Waals surface area contributed by atoms with Crippen LogP contribution in [0.2, 0.25) is 0 Å². The van der Waals surface area contributed by atoms with E-state index in [2.05, 4.69) is 170 Å². The Kier molecular flexibility index (Phi) is 5.61. The fourth-order valence-electron chi connectivity index (χ4n) is 7.21. The van der Waals surface area contributed by atoms with Crippen LogP contribution in [0.1, 0.15) is 0 Å². The smallest absolute Gasteiger partial charge is 0.00262 e. The molecule has 0 spiro atoms. The Morgan fingerprint density at radius 1 is 0.250 bits per heavy atom. The Morgan fingerprint density at radius 3 is 1.39 bits per heavy atom. The molecule has 0 heterocycles. The minimum absolute atomic E-state index is 1.23. The second-order valence-electron chi connectivity index (χ2n) is 11.7. The first kappa shape index (κ1) is 24.8. The second kappa shape index (κ2) is 9.93. The third kappa shape index (κ3) is 3.85. The van der Waals surface area contributed by atoms with E-state index in [1.807, 2.05) is 0 Å². The molecule has 0 aliphatic heterocycles. The molecule has 0 aliphatic carbocycles. The Labute approximate surface area is 256 Å². The number of rotatable bonds is 3. The predicted molar refractivity (Wildman–Crippen MR) is 190 cm³/mol. The lowest BCUT2D eigenvalue weighted by Crippen LogP contribution is -1.91.